The number of nitrogens with zero attached hydrogens (tertiary/aromatic N) is 1. The summed E-state index contributed by atoms with van der Waals surface area (Å²) >= 11 is 0. The predicted molar refractivity (Wildman–Crippen MR) is 382 cm³/mol. The minimum atomic E-state index is -2.59. The number of esters is 4. The molecule has 5 aliphatic rings. The van der Waals surface area contributed by atoms with Crippen molar-refractivity contribution in [2.45, 2.75) is 178 Å². The van der Waals surface area contributed by atoms with E-state index in [1.54, 1.807) is 91.0 Å². The molecular formula is C80H91N6O21+. The summed E-state index contributed by atoms with van der Waals surface area (Å²) in [5.74, 6) is -10.0. The molecule has 13 atom stereocenters. The number of carbonyl (C=O) groups excluding carboxylic acids is 12. The fraction of sp³-hybridized carbons (Fsp3) is 0.425. The Morgan fingerprint density at radius 3 is 1.91 bits per heavy atom. The molecule has 10 rings (SSSR count). The molecule has 0 spiro atoms. The Bertz CT molecular complexity index is 4180. The van der Waals surface area contributed by atoms with Crippen LogP contribution in [0.5, 0.6) is 0 Å². The van der Waals surface area contributed by atoms with Gasteiger partial charge in [-0.25, -0.2) is 14.4 Å². The summed E-state index contributed by atoms with van der Waals surface area (Å²) < 4.78 is 43.4. The number of hydrogen-bond donors (Lipinski definition) is 7. The van der Waals surface area contributed by atoms with Gasteiger partial charge in [0.1, 0.15) is 48.7 Å². The van der Waals surface area contributed by atoms with Crippen molar-refractivity contribution < 1.29 is 107 Å². The number of aliphatic hydroxyl groups excluding tert-OH is 1. The number of anilines is 1. The second-order valence-corrected chi connectivity index (χ2v) is 28.4. The number of quaternary nitrogens is 1. The van der Waals surface area contributed by atoms with Gasteiger partial charge in [0.2, 0.25) is 17.7 Å². The van der Waals surface area contributed by atoms with Crippen LogP contribution >= 0.6 is 0 Å². The van der Waals surface area contributed by atoms with Gasteiger partial charge in [-0.15, -0.1) is 0 Å². The molecular weight excluding hydrogens is 1380 g/mol. The molecule has 8 unspecified atom stereocenters. The quantitative estimate of drug-likeness (QED) is 0.00891. The molecule has 1 saturated heterocycles. The minimum absolute atomic E-state index is 0.0272. The summed E-state index contributed by atoms with van der Waals surface area (Å²) in [4.78, 5) is 169. The van der Waals surface area contributed by atoms with Crippen LogP contribution in [0.25, 0.3) is 0 Å². The smallest absolute Gasteiger partial charge is 0.456 e. The van der Waals surface area contributed by atoms with Crippen molar-refractivity contribution in [2.75, 3.05) is 25.0 Å². The first-order valence-electron chi connectivity index (χ1n) is 35.8. The molecule has 0 radical (unpaired) electrons. The number of rotatable bonds is 30. The molecule has 3 aliphatic carbocycles. The van der Waals surface area contributed by atoms with Crippen LogP contribution in [-0.2, 0) is 89.3 Å². The number of imide groups is 1. The summed E-state index contributed by atoms with van der Waals surface area (Å²) in [7, 11) is 0. The summed E-state index contributed by atoms with van der Waals surface area (Å²) in [6.45, 7) is 7.85. The molecule has 2 aliphatic heterocycles. The van der Waals surface area contributed by atoms with Crippen LogP contribution in [0.1, 0.15) is 143 Å². The Balaban J connectivity index is 0.901. The zero-order chi connectivity index (χ0) is 77.0. The van der Waals surface area contributed by atoms with Crippen molar-refractivity contribution in [3.8, 4) is 0 Å². The Hall–Kier alpha value is -10.7. The fourth-order valence-electron chi connectivity index (χ4n) is 15.3. The third-order valence-corrected chi connectivity index (χ3v) is 21.0. The highest BCUT2D eigenvalue weighted by Crippen LogP contribution is 2.65. The van der Waals surface area contributed by atoms with Crippen molar-refractivity contribution >= 4 is 76.9 Å². The first-order chi connectivity index (χ1) is 51.1. The van der Waals surface area contributed by atoms with Crippen molar-refractivity contribution in [2.24, 2.45) is 16.7 Å². The number of aliphatic hydroxyl groups is 2. The van der Waals surface area contributed by atoms with E-state index in [0.717, 1.165) is 24.3 Å². The van der Waals surface area contributed by atoms with E-state index < -0.39 is 168 Å². The van der Waals surface area contributed by atoms with Crippen LogP contribution < -0.4 is 27.0 Å². The average molecular weight is 1470 g/mol. The lowest BCUT2D eigenvalue weighted by Crippen LogP contribution is -2.82. The van der Waals surface area contributed by atoms with Crippen LogP contribution in [0.3, 0.4) is 0 Å². The van der Waals surface area contributed by atoms with Crippen molar-refractivity contribution in [3.63, 3.8) is 0 Å². The second kappa shape index (κ2) is 34.2. The lowest BCUT2D eigenvalue weighted by atomic mass is 9.44. The zero-order valence-electron chi connectivity index (χ0n) is 60.5. The number of hydrogen-bond acceptors (Lipinski definition) is 21. The van der Waals surface area contributed by atoms with E-state index in [4.69, 9.17) is 33.2 Å². The standard InChI is InChI=1S/C80H90N6O21/c1-47-58(104-75(98)66(92)65(52-26-14-8-15-27-52)85-71(94)53-28-16-9-17-29-53)44-80(100)70(106-74(97)54-30-18-10-19-31-54)68-78(6,69(93)67(103-48(2)87)64(47)77(80,4)5)59(43-60-79(68,46-102-60)107-49(3)88)105-76(99)101-45-51-34-36-55(37-35-51)82-72(95)56(32-21-22-40-81)84-73(96)57(42-50-24-12-7-13-25-50)83-61(89)33-20-11-23-41-86-62(90)38-39-63(86)91/h7-10,12-19,24-31,34-39,56-60,65-68,70,92,100H,11,20-23,32-33,40-46,81H2,1-6H3,(H,82,95)(H,83,89)(H,84,96)(H,85,94)/p+1/t56-,57?,58?,59-,60?,65?,66?,67+,68?,70?,78+,79?,80+/m0/s1. The van der Waals surface area contributed by atoms with Crippen LogP contribution in [0.2, 0.25) is 0 Å². The molecule has 2 saturated carbocycles. The lowest BCUT2D eigenvalue weighted by molar-refractivity contribution is -0.368. The summed E-state index contributed by atoms with van der Waals surface area (Å²) in [6.07, 6.45) is -7.80. The number of ketones is 1. The molecule has 27 nitrogen and oxygen atoms in total. The Morgan fingerprint density at radius 1 is 0.673 bits per heavy atom. The Kier molecular flexibility index (Phi) is 25.2. The van der Waals surface area contributed by atoms with Gasteiger partial charge >= 0.3 is 30.0 Å². The van der Waals surface area contributed by atoms with E-state index in [1.165, 1.54) is 76.2 Å². The Labute approximate surface area is 618 Å². The third-order valence-electron chi connectivity index (χ3n) is 21.0. The van der Waals surface area contributed by atoms with Gasteiger partial charge in [-0.3, -0.25) is 48.1 Å². The largest absolute Gasteiger partial charge is 0.508 e. The van der Waals surface area contributed by atoms with Gasteiger partial charge in [0.15, 0.2) is 23.6 Å². The number of Topliss-reactive ketones (excluding diaryl/α,β-unsaturated/α-hetero) is 1. The molecule has 3 fully saturated rings. The molecule has 0 aromatic heterocycles. The molecule has 2 heterocycles. The number of benzene rings is 5. The second-order valence-electron chi connectivity index (χ2n) is 28.4. The Morgan fingerprint density at radius 2 is 1.30 bits per heavy atom. The molecule has 2 bridgehead atoms. The predicted octanol–water partition coefficient (Wildman–Crippen LogP) is 6.15. The van der Waals surface area contributed by atoms with Gasteiger partial charge in [0, 0.05) is 74.9 Å². The number of unbranched alkanes of at least 4 members (excludes halogenated alkanes) is 3. The van der Waals surface area contributed by atoms with E-state index in [9.17, 15) is 63.0 Å². The van der Waals surface area contributed by atoms with Crippen molar-refractivity contribution in [1.29, 1.82) is 0 Å². The maximum atomic E-state index is 16.6. The maximum Gasteiger partial charge on any atom is 0.508 e. The first-order valence-corrected chi connectivity index (χ1v) is 35.8. The first kappa shape index (κ1) is 78.8. The third kappa shape index (κ3) is 17.6. The van der Waals surface area contributed by atoms with Crippen LogP contribution in [0, 0.1) is 16.7 Å². The topological polar surface area (TPSA) is 389 Å². The maximum absolute atomic E-state index is 16.6. The van der Waals surface area contributed by atoms with Crippen LogP contribution in [0.4, 0.5) is 10.5 Å². The zero-order valence-corrected chi connectivity index (χ0v) is 60.5. The van der Waals surface area contributed by atoms with Crippen LogP contribution in [0.15, 0.2) is 169 Å². The van der Waals surface area contributed by atoms with Gasteiger partial charge in [-0.1, -0.05) is 129 Å². The van der Waals surface area contributed by atoms with Gasteiger partial charge < -0.3 is 70.4 Å². The highest BCUT2D eigenvalue weighted by atomic mass is 16.7. The van der Waals surface area contributed by atoms with Crippen molar-refractivity contribution in [3.05, 3.63) is 197 Å². The van der Waals surface area contributed by atoms with Gasteiger partial charge in [0.05, 0.1) is 36.1 Å². The number of amides is 6. The molecule has 9 N–H and O–H groups in total. The van der Waals surface area contributed by atoms with E-state index in [2.05, 4.69) is 27.0 Å². The van der Waals surface area contributed by atoms with E-state index in [1.807, 2.05) is 18.2 Å². The fourth-order valence-corrected chi connectivity index (χ4v) is 15.3. The average Bonchev–Trinajstić information content (AvgIpc) is 0.888. The van der Waals surface area contributed by atoms with Gasteiger partial charge in [0.25, 0.3) is 17.7 Å². The molecule has 27 heteroatoms. The molecule has 5 aromatic rings. The molecule has 6 amide bonds. The normalized spacial score (nSPS) is 24.3. The number of ether oxygens (including phenoxy) is 7. The number of carbonyl (C=O) groups is 12. The minimum Gasteiger partial charge on any atom is -0.456 e. The van der Waals surface area contributed by atoms with Gasteiger partial charge in [-0.05, 0) is 110 Å². The molecule has 107 heavy (non-hydrogen) atoms. The highest BCUT2D eigenvalue weighted by molar-refractivity contribution is 6.13. The van der Waals surface area contributed by atoms with Gasteiger partial charge in [-0.2, -0.15) is 0 Å². The summed E-state index contributed by atoms with van der Waals surface area (Å²) in [5.41, 5.74) is -3.01. The van der Waals surface area contributed by atoms with E-state index in [-0.39, 0.29) is 65.6 Å². The highest BCUT2D eigenvalue weighted by Gasteiger charge is 2.79. The van der Waals surface area contributed by atoms with Crippen LogP contribution in [-0.4, -0.2) is 166 Å². The monoisotopic (exact) mass is 1470 g/mol. The molecule has 5 aromatic carbocycles. The number of nitrogens with one attached hydrogen (secondary N) is 4. The number of fused-ring (bicyclic) bond motifs is 5. The van der Waals surface area contributed by atoms with E-state index >= 15 is 4.79 Å². The molecule has 566 valence electrons. The lowest BCUT2D eigenvalue weighted by Gasteiger charge is -2.67. The van der Waals surface area contributed by atoms with Crippen molar-refractivity contribution in [1.82, 2.24) is 20.9 Å². The summed E-state index contributed by atoms with van der Waals surface area (Å²) in [5, 5.41) is 37.7. The summed E-state index contributed by atoms with van der Waals surface area (Å²) in [6, 6.07) is 35.4. The SMILES string of the molecule is CC(=O)O[C@H]1C(=O)[C@@]2(C)C(C(OC(=O)c3ccccc3)[C@]3(O)CC(OC(=O)C(O)C(NC(=O)c4ccccc4)c4ccccc4)C(C)=C1C3(C)C)C1(OC(C)=O)COC1C[C@@H]2OC(=O)OCc1ccc(NC(=O)[C@H](CCCC[NH3+])NC(=O)C(Cc2ccccc2)NC(=O)CCCCCN2C(=O)C=CC2=O)cc1. The van der Waals surface area contributed by atoms with E-state index in [0.29, 0.717) is 49.8 Å².